The molecular formula is C13H11CuN2O6+. The van der Waals surface area contributed by atoms with Gasteiger partial charge in [0.25, 0.3) is 0 Å². The van der Waals surface area contributed by atoms with Crippen LogP contribution in [0.1, 0.15) is 32.9 Å². The number of hydrogen-bond donors (Lipinski definition) is 3. The maximum absolute atomic E-state index is 10.3. The van der Waals surface area contributed by atoms with Crippen LogP contribution in [0.3, 0.4) is 0 Å². The molecule has 2 aromatic rings. The maximum Gasteiger partial charge on any atom is 1.00 e. The molecule has 0 unspecified atom stereocenters. The molecule has 8 nitrogen and oxygen atoms in total. The average molecular weight is 355 g/mol. The number of carbonyl (C=O) groups is 3. The van der Waals surface area contributed by atoms with Crippen LogP contribution in [0, 0.1) is 0 Å². The van der Waals surface area contributed by atoms with Crippen molar-refractivity contribution in [1.82, 2.24) is 9.97 Å². The molecule has 0 aliphatic heterocycles. The number of carboxylic acid groups (broad SMARTS) is 3. The summed E-state index contributed by atoms with van der Waals surface area (Å²) in [6, 6.07) is 8.55. The average Bonchev–Trinajstić information content (AvgIpc) is 2.49. The third-order valence-electron chi connectivity index (χ3n) is 2.07. The van der Waals surface area contributed by atoms with Crippen molar-refractivity contribution in [2.24, 2.45) is 0 Å². The summed E-state index contributed by atoms with van der Waals surface area (Å²) in [4.78, 5) is 37.7. The van der Waals surface area contributed by atoms with Crippen LogP contribution in [-0.2, 0) is 17.1 Å². The second-order valence-electron chi connectivity index (χ2n) is 3.54. The minimum atomic E-state index is -1.24. The van der Waals surface area contributed by atoms with Gasteiger partial charge in [-0.25, -0.2) is 24.4 Å². The molecule has 0 saturated carbocycles. The van der Waals surface area contributed by atoms with E-state index in [1.807, 2.05) is 0 Å². The Morgan fingerprint density at radius 1 is 0.773 bits per heavy atom. The molecule has 3 N–H and O–H groups in total. The van der Waals surface area contributed by atoms with Crippen LogP contribution in [-0.4, -0.2) is 43.2 Å². The molecule has 0 atom stereocenters. The van der Waals surface area contributed by atoms with E-state index in [0.717, 1.165) is 0 Å². The summed E-state index contributed by atoms with van der Waals surface area (Å²) in [7, 11) is 0. The van der Waals surface area contributed by atoms with E-state index in [4.69, 9.17) is 15.3 Å². The van der Waals surface area contributed by atoms with Gasteiger partial charge in [0.15, 0.2) is 0 Å². The van der Waals surface area contributed by atoms with Gasteiger partial charge in [-0.3, -0.25) is 0 Å². The summed E-state index contributed by atoms with van der Waals surface area (Å²) in [5.41, 5.74) is -0.456. The predicted octanol–water partition coefficient (Wildman–Crippen LogP) is 1.37. The minimum absolute atomic E-state index is 0. The predicted molar refractivity (Wildman–Crippen MR) is 70.5 cm³/mol. The molecule has 119 valence electrons. The number of hydrogen-bond acceptors (Lipinski definition) is 5. The van der Waals surface area contributed by atoms with E-state index in [1.165, 1.54) is 30.5 Å². The van der Waals surface area contributed by atoms with E-state index in [1.54, 1.807) is 12.1 Å². The number of carboxylic acids is 3. The summed E-state index contributed by atoms with van der Waals surface area (Å²) in [6.07, 6.45) is 1.45. The number of pyridine rings is 2. The normalized spacial score (nSPS) is 8.73. The SMILES string of the molecule is O=C(O)c1cccc(C(=O)O)n1.O=C(O)c1ccccn1.[Cu].[H+]. The van der Waals surface area contributed by atoms with Crippen LogP contribution in [0.2, 0.25) is 0 Å². The fourth-order valence-electron chi connectivity index (χ4n) is 1.16. The Morgan fingerprint density at radius 2 is 1.23 bits per heavy atom. The van der Waals surface area contributed by atoms with E-state index in [9.17, 15) is 14.4 Å². The van der Waals surface area contributed by atoms with Crippen LogP contribution in [0.15, 0.2) is 42.6 Å². The first-order valence-corrected chi connectivity index (χ1v) is 5.49. The van der Waals surface area contributed by atoms with Crippen molar-refractivity contribution in [2.45, 2.75) is 0 Å². The zero-order chi connectivity index (χ0) is 15.8. The summed E-state index contributed by atoms with van der Waals surface area (Å²) in [5, 5.41) is 25.2. The molecule has 0 spiro atoms. The molecular weight excluding hydrogens is 344 g/mol. The van der Waals surface area contributed by atoms with Crippen LogP contribution >= 0.6 is 0 Å². The van der Waals surface area contributed by atoms with Gasteiger partial charge < -0.3 is 15.3 Å². The quantitative estimate of drug-likeness (QED) is 0.702. The standard InChI is InChI=1S/C7H5NO4.C6H5NO2.Cu/c9-6(10)4-2-1-3-5(8-4)7(11)12;8-6(9)5-3-1-2-4-7-5;/h1-3H,(H,9,10)(H,11,12);1-4H,(H,8,9);/p+1. The molecule has 9 heteroatoms. The monoisotopic (exact) mass is 354 g/mol. The molecule has 0 aromatic carbocycles. The second kappa shape index (κ2) is 9.22. The van der Waals surface area contributed by atoms with Crippen molar-refractivity contribution in [1.29, 1.82) is 0 Å². The first-order valence-electron chi connectivity index (χ1n) is 5.49. The molecule has 2 rings (SSSR count). The minimum Gasteiger partial charge on any atom is -0.477 e. The summed E-state index contributed by atoms with van der Waals surface area (Å²) in [5.74, 6) is -3.47. The number of aromatic carboxylic acids is 3. The third kappa shape index (κ3) is 6.12. The fourth-order valence-corrected chi connectivity index (χ4v) is 1.16. The molecule has 2 heterocycles. The zero-order valence-electron chi connectivity index (χ0n) is 11.8. The maximum atomic E-state index is 10.3. The van der Waals surface area contributed by atoms with E-state index < -0.39 is 17.9 Å². The van der Waals surface area contributed by atoms with E-state index in [-0.39, 0.29) is 35.6 Å². The van der Waals surface area contributed by atoms with Crippen molar-refractivity contribution in [3.05, 3.63) is 59.7 Å². The Balaban J connectivity index is 0. The summed E-state index contributed by atoms with van der Waals surface area (Å²) >= 11 is 0. The van der Waals surface area contributed by atoms with Gasteiger partial charge in [-0.15, -0.1) is 0 Å². The van der Waals surface area contributed by atoms with E-state index in [2.05, 4.69) is 9.97 Å². The number of rotatable bonds is 3. The van der Waals surface area contributed by atoms with Crippen LogP contribution in [0.5, 0.6) is 0 Å². The first-order chi connectivity index (χ1) is 9.91. The largest absolute Gasteiger partial charge is 1.00 e. The number of nitrogens with zero attached hydrogens (tertiary/aromatic N) is 2. The smallest absolute Gasteiger partial charge is 0.477 e. The molecule has 2 aromatic heterocycles. The fraction of sp³-hybridized carbons (Fsp3) is 0. The van der Waals surface area contributed by atoms with Crippen molar-refractivity contribution >= 4 is 17.9 Å². The summed E-state index contributed by atoms with van der Waals surface area (Å²) < 4.78 is 0. The van der Waals surface area contributed by atoms with Gasteiger partial charge in [0, 0.05) is 23.3 Å². The van der Waals surface area contributed by atoms with Crippen LogP contribution in [0.4, 0.5) is 0 Å². The van der Waals surface area contributed by atoms with Crippen molar-refractivity contribution < 1.29 is 48.2 Å². The molecule has 22 heavy (non-hydrogen) atoms. The second-order valence-corrected chi connectivity index (χ2v) is 3.54. The van der Waals surface area contributed by atoms with Gasteiger partial charge in [-0.1, -0.05) is 12.1 Å². The van der Waals surface area contributed by atoms with Crippen molar-refractivity contribution in [2.75, 3.05) is 0 Å². The Kier molecular flexibility index (Phi) is 8.06. The van der Waals surface area contributed by atoms with Crippen molar-refractivity contribution in [3.63, 3.8) is 0 Å². The van der Waals surface area contributed by atoms with Gasteiger partial charge >= 0.3 is 19.3 Å². The molecule has 0 bridgehead atoms. The topological polar surface area (TPSA) is 138 Å². The van der Waals surface area contributed by atoms with Crippen molar-refractivity contribution in [3.8, 4) is 0 Å². The van der Waals surface area contributed by atoms with Gasteiger partial charge in [0.1, 0.15) is 17.1 Å². The summed E-state index contributed by atoms with van der Waals surface area (Å²) in [6.45, 7) is 0. The van der Waals surface area contributed by atoms with E-state index in [0.29, 0.717) is 0 Å². The van der Waals surface area contributed by atoms with Gasteiger partial charge in [-0.05, 0) is 24.3 Å². The van der Waals surface area contributed by atoms with Gasteiger partial charge in [0.05, 0.1) is 0 Å². The Labute approximate surface area is 136 Å². The Morgan fingerprint density at radius 3 is 1.55 bits per heavy atom. The third-order valence-corrected chi connectivity index (χ3v) is 2.07. The molecule has 0 saturated heterocycles. The number of aromatic nitrogens is 2. The van der Waals surface area contributed by atoms with Gasteiger partial charge in [0.2, 0.25) is 0 Å². The molecule has 0 aliphatic rings. The molecule has 0 amide bonds. The molecule has 1 radical (unpaired) electrons. The van der Waals surface area contributed by atoms with E-state index >= 15 is 0 Å². The Hall–Kier alpha value is -2.77. The van der Waals surface area contributed by atoms with Crippen LogP contribution in [0.25, 0.3) is 0 Å². The first kappa shape index (κ1) is 19.2. The molecule has 0 aliphatic carbocycles. The zero-order valence-corrected chi connectivity index (χ0v) is 11.7. The Bertz CT molecular complexity index is 639. The molecule has 0 fully saturated rings. The van der Waals surface area contributed by atoms with Gasteiger partial charge in [-0.2, -0.15) is 0 Å². The van der Waals surface area contributed by atoms with Crippen LogP contribution < -0.4 is 0 Å².